The maximum atomic E-state index is 11.3. The Morgan fingerprint density at radius 2 is 1.32 bits per heavy atom. The average Bonchev–Trinajstić information content (AvgIpc) is 3.77. The molecule has 1 amide bonds. The van der Waals surface area contributed by atoms with Crippen molar-refractivity contribution in [1.82, 2.24) is 35.1 Å². The Labute approximate surface area is 285 Å². The summed E-state index contributed by atoms with van der Waals surface area (Å²) in [6, 6.07) is 11.6. The Bertz CT molecular complexity index is 1750. The number of amides is 1. The zero-order valence-electron chi connectivity index (χ0n) is 26.9. The van der Waals surface area contributed by atoms with E-state index in [-0.39, 0.29) is 5.91 Å². The first-order valence-electron chi connectivity index (χ1n) is 15.9. The summed E-state index contributed by atoms with van der Waals surface area (Å²) < 4.78 is 11.3. The number of likely N-dealkylation sites (tertiary alicyclic amines) is 2. The summed E-state index contributed by atoms with van der Waals surface area (Å²) in [6.07, 6.45) is 6.91. The Balaban J connectivity index is 1.24. The van der Waals surface area contributed by atoms with Crippen LogP contribution in [0.4, 0.5) is 0 Å². The smallest absolute Gasteiger partial charge is 0.237 e. The van der Waals surface area contributed by atoms with Gasteiger partial charge in [0.05, 0.1) is 48.0 Å². The highest BCUT2D eigenvalue weighted by molar-refractivity contribution is 6.39. The van der Waals surface area contributed by atoms with Crippen molar-refractivity contribution < 1.29 is 14.3 Å². The maximum Gasteiger partial charge on any atom is 0.237 e. The number of methoxy groups -OCH3 is 2. The van der Waals surface area contributed by atoms with Gasteiger partial charge in [-0.15, -0.1) is 0 Å². The standard InChI is InChI=1S/C35H39Cl2N7O3/c1-22(45)38-16-23-12-15-44(19-23)21-31-35(47-3)42-29(18-40-31)27-11-7-9-25(33(27)37)24-8-6-10-26(32(24)36)28-17-39-30(34(41-28)46-2)20-43-13-4-5-14-43/h6-11,17-18,23H,4-5,12-16,19-21H2,1-3H3,(H,38,45)/t23-/m0/s1. The highest BCUT2D eigenvalue weighted by Crippen LogP contribution is 2.42. The van der Waals surface area contributed by atoms with Crippen LogP contribution in [0.2, 0.25) is 10.0 Å². The van der Waals surface area contributed by atoms with Gasteiger partial charge >= 0.3 is 0 Å². The molecule has 2 fully saturated rings. The Morgan fingerprint density at radius 1 is 0.809 bits per heavy atom. The molecule has 2 aromatic carbocycles. The van der Waals surface area contributed by atoms with Gasteiger partial charge in [-0.25, -0.2) is 9.97 Å². The summed E-state index contributed by atoms with van der Waals surface area (Å²) >= 11 is 14.1. The molecule has 2 aliphatic rings. The van der Waals surface area contributed by atoms with E-state index in [0.29, 0.717) is 64.3 Å². The Hall–Kier alpha value is -3.83. The van der Waals surface area contributed by atoms with E-state index in [0.717, 1.165) is 60.7 Å². The summed E-state index contributed by atoms with van der Waals surface area (Å²) in [5, 5.41) is 3.93. The van der Waals surface area contributed by atoms with Gasteiger partial charge < -0.3 is 14.8 Å². The Morgan fingerprint density at radius 3 is 1.83 bits per heavy atom. The molecule has 1 atom stereocenters. The number of hydrogen-bond donors (Lipinski definition) is 1. The number of nitrogens with one attached hydrogen (secondary N) is 1. The normalized spacial score (nSPS) is 16.8. The molecule has 0 saturated carbocycles. The molecule has 12 heteroatoms. The molecule has 0 radical (unpaired) electrons. The highest BCUT2D eigenvalue weighted by Gasteiger charge is 2.25. The van der Waals surface area contributed by atoms with Gasteiger partial charge in [-0.2, -0.15) is 0 Å². The molecule has 246 valence electrons. The third kappa shape index (κ3) is 7.51. The molecular weight excluding hydrogens is 637 g/mol. The van der Waals surface area contributed by atoms with Gasteiger partial charge in [0, 0.05) is 55.4 Å². The van der Waals surface area contributed by atoms with Gasteiger partial charge in [0.25, 0.3) is 0 Å². The quantitative estimate of drug-likeness (QED) is 0.201. The molecule has 0 unspecified atom stereocenters. The van der Waals surface area contributed by atoms with E-state index in [1.54, 1.807) is 33.5 Å². The number of nitrogens with zero attached hydrogens (tertiary/aromatic N) is 6. The number of hydrogen-bond acceptors (Lipinski definition) is 9. The van der Waals surface area contributed by atoms with Gasteiger partial charge in [-0.3, -0.25) is 24.6 Å². The van der Waals surface area contributed by atoms with Crippen LogP contribution in [0, 0.1) is 5.92 Å². The molecule has 0 aliphatic carbocycles. The molecular formula is C35H39Cl2N7O3. The van der Waals surface area contributed by atoms with E-state index in [1.165, 1.54) is 12.8 Å². The SMILES string of the molecule is COc1nc(-c2cccc(-c3cccc(-c4cnc(CN5CC[C@@H](CNC(C)=O)C5)c(OC)n4)c3Cl)c2Cl)cnc1CN1CCCC1. The van der Waals surface area contributed by atoms with Crippen molar-refractivity contribution in [2.75, 3.05) is 46.9 Å². The van der Waals surface area contributed by atoms with Gasteiger partial charge in [0.2, 0.25) is 17.7 Å². The van der Waals surface area contributed by atoms with Crippen LogP contribution in [-0.2, 0) is 17.9 Å². The summed E-state index contributed by atoms with van der Waals surface area (Å²) in [6.45, 7) is 7.46. The number of halogens is 2. The molecule has 0 bridgehead atoms. The minimum Gasteiger partial charge on any atom is -0.480 e. The van der Waals surface area contributed by atoms with E-state index in [1.807, 2.05) is 36.4 Å². The molecule has 2 aromatic heterocycles. The van der Waals surface area contributed by atoms with Gasteiger partial charge in [0.1, 0.15) is 11.4 Å². The summed E-state index contributed by atoms with van der Waals surface area (Å²) in [7, 11) is 3.22. The lowest BCUT2D eigenvalue weighted by molar-refractivity contribution is -0.119. The average molecular weight is 677 g/mol. The molecule has 2 aliphatic heterocycles. The minimum absolute atomic E-state index is 0.00263. The predicted molar refractivity (Wildman–Crippen MR) is 184 cm³/mol. The lowest BCUT2D eigenvalue weighted by Crippen LogP contribution is -2.29. The van der Waals surface area contributed by atoms with Crippen molar-refractivity contribution in [2.45, 2.75) is 39.3 Å². The van der Waals surface area contributed by atoms with Crippen LogP contribution in [0.3, 0.4) is 0 Å². The fraction of sp³-hybridized carbons (Fsp3) is 0.400. The lowest BCUT2D eigenvalue weighted by Gasteiger charge is -2.18. The van der Waals surface area contributed by atoms with E-state index in [2.05, 4.69) is 15.1 Å². The first kappa shape index (κ1) is 33.1. The van der Waals surface area contributed by atoms with Gasteiger partial charge in [-0.1, -0.05) is 59.6 Å². The number of rotatable bonds is 11. The summed E-state index contributed by atoms with van der Waals surface area (Å²) in [4.78, 5) is 35.0. The zero-order valence-corrected chi connectivity index (χ0v) is 28.4. The third-order valence-corrected chi connectivity index (χ3v) is 9.62. The van der Waals surface area contributed by atoms with Crippen LogP contribution in [0.15, 0.2) is 48.8 Å². The number of carbonyl (C=O) groups excluding carboxylic acids is 1. The van der Waals surface area contributed by atoms with Crippen LogP contribution < -0.4 is 14.8 Å². The fourth-order valence-corrected chi connectivity index (χ4v) is 7.00. The second kappa shape index (κ2) is 14.9. The molecule has 10 nitrogen and oxygen atoms in total. The Kier molecular flexibility index (Phi) is 10.5. The molecule has 2 saturated heterocycles. The van der Waals surface area contributed by atoms with Crippen LogP contribution in [0.1, 0.15) is 37.6 Å². The van der Waals surface area contributed by atoms with Crippen molar-refractivity contribution in [1.29, 1.82) is 0 Å². The molecule has 4 aromatic rings. The van der Waals surface area contributed by atoms with Gasteiger partial charge in [0.15, 0.2) is 0 Å². The number of benzene rings is 2. The van der Waals surface area contributed by atoms with Crippen molar-refractivity contribution in [3.63, 3.8) is 0 Å². The fourth-order valence-electron chi connectivity index (χ4n) is 6.35. The van der Waals surface area contributed by atoms with E-state index >= 15 is 0 Å². The molecule has 1 N–H and O–H groups in total. The first-order chi connectivity index (χ1) is 22.8. The summed E-state index contributed by atoms with van der Waals surface area (Å²) in [5.74, 6) is 1.37. The minimum atomic E-state index is -0.00263. The monoisotopic (exact) mass is 675 g/mol. The van der Waals surface area contributed by atoms with Crippen LogP contribution in [0.25, 0.3) is 33.6 Å². The van der Waals surface area contributed by atoms with Crippen molar-refractivity contribution >= 4 is 29.1 Å². The predicted octanol–water partition coefficient (Wildman–Crippen LogP) is 6.15. The van der Waals surface area contributed by atoms with E-state index in [9.17, 15) is 4.79 Å². The molecule has 0 spiro atoms. The lowest BCUT2D eigenvalue weighted by atomic mass is 9.98. The molecule has 6 rings (SSSR count). The number of carbonyl (C=O) groups is 1. The van der Waals surface area contributed by atoms with Crippen LogP contribution in [-0.4, -0.2) is 82.6 Å². The van der Waals surface area contributed by atoms with Crippen LogP contribution >= 0.6 is 23.2 Å². The summed E-state index contributed by atoms with van der Waals surface area (Å²) in [5.41, 5.74) is 5.75. The van der Waals surface area contributed by atoms with Crippen molar-refractivity contribution in [3.05, 3.63) is 70.2 Å². The molecule has 47 heavy (non-hydrogen) atoms. The van der Waals surface area contributed by atoms with E-state index < -0.39 is 0 Å². The number of aromatic nitrogens is 4. The topological polar surface area (TPSA) is 106 Å². The largest absolute Gasteiger partial charge is 0.480 e. The van der Waals surface area contributed by atoms with Crippen molar-refractivity contribution in [3.8, 4) is 45.4 Å². The first-order valence-corrected chi connectivity index (χ1v) is 16.7. The molecule has 4 heterocycles. The van der Waals surface area contributed by atoms with Crippen molar-refractivity contribution in [2.24, 2.45) is 5.92 Å². The van der Waals surface area contributed by atoms with Crippen LogP contribution in [0.5, 0.6) is 11.8 Å². The number of ether oxygens (including phenoxy) is 2. The van der Waals surface area contributed by atoms with E-state index in [4.69, 9.17) is 52.6 Å². The van der Waals surface area contributed by atoms with Gasteiger partial charge in [-0.05, 0) is 44.8 Å². The highest BCUT2D eigenvalue weighted by atomic mass is 35.5. The second-order valence-electron chi connectivity index (χ2n) is 12.1. The second-order valence-corrected chi connectivity index (χ2v) is 12.8. The third-order valence-electron chi connectivity index (χ3n) is 8.80. The zero-order chi connectivity index (χ0) is 32.9. The maximum absolute atomic E-state index is 11.3.